The zero-order valence-corrected chi connectivity index (χ0v) is 15.4. The van der Waals surface area contributed by atoms with Gasteiger partial charge in [-0.15, -0.1) is 12.4 Å². The van der Waals surface area contributed by atoms with E-state index in [2.05, 4.69) is 4.74 Å². The molecule has 1 saturated carbocycles. The number of carbonyl (C=O) groups excluding carboxylic acids is 1. The van der Waals surface area contributed by atoms with Crippen molar-refractivity contribution in [2.75, 3.05) is 27.3 Å². The molecule has 1 heterocycles. The summed E-state index contributed by atoms with van der Waals surface area (Å²) in [7, 11) is 2.64. The van der Waals surface area contributed by atoms with Crippen LogP contribution in [-0.4, -0.2) is 50.8 Å². The number of fused-ring (bicyclic) bond motifs is 1. The Bertz CT molecular complexity index is 637. The minimum absolute atomic E-state index is 0. The number of nitrogens with zero attached hydrogens (tertiary/aromatic N) is 1. The Kier molecular flexibility index (Phi) is 6.52. The molecule has 2 aliphatic rings. The summed E-state index contributed by atoms with van der Waals surface area (Å²) in [6, 6.07) is 2.93. The van der Waals surface area contributed by atoms with Crippen LogP contribution in [0.25, 0.3) is 0 Å². The number of halogens is 3. The Labute approximate surface area is 157 Å². The molecule has 1 aliphatic carbocycles. The number of ether oxygens (including phenoxy) is 3. The number of methoxy groups -OCH3 is 2. The molecule has 1 aliphatic heterocycles. The SMILES string of the molecule is COc1cc(C(=O)N2CC3CCC(N)C3C2)cc(OC)c1OC(F)F.Cl. The highest BCUT2D eigenvalue weighted by Crippen LogP contribution is 2.41. The molecular formula is C17H23ClF2N2O4. The Hall–Kier alpha value is -1.80. The summed E-state index contributed by atoms with van der Waals surface area (Å²) in [5, 5.41) is 0. The van der Waals surface area contributed by atoms with Gasteiger partial charge < -0.3 is 24.8 Å². The molecule has 2 fully saturated rings. The van der Waals surface area contributed by atoms with Crippen LogP contribution in [0.4, 0.5) is 8.78 Å². The third-order valence-electron chi connectivity index (χ3n) is 5.11. The van der Waals surface area contributed by atoms with Gasteiger partial charge in [0.25, 0.3) is 5.91 Å². The number of benzene rings is 1. The van der Waals surface area contributed by atoms with Gasteiger partial charge in [-0.05, 0) is 36.8 Å². The third kappa shape index (κ3) is 3.81. The number of nitrogens with two attached hydrogens (primary N) is 1. The van der Waals surface area contributed by atoms with Crippen LogP contribution in [0, 0.1) is 11.8 Å². The maximum Gasteiger partial charge on any atom is 0.387 e. The van der Waals surface area contributed by atoms with Crippen molar-refractivity contribution < 1.29 is 27.8 Å². The first kappa shape index (κ1) is 20.5. The van der Waals surface area contributed by atoms with Gasteiger partial charge in [0.15, 0.2) is 11.5 Å². The van der Waals surface area contributed by atoms with Crippen molar-refractivity contribution >= 4 is 18.3 Å². The third-order valence-corrected chi connectivity index (χ3v) is 5.11. The van der Waals surface area contributed by atoms with Gasteiger partial charge >= 0.3 is 6.61 Å². The number of amides is 1. The zero-order chi connectivity index (χ0) is 18.1. The van der Waals surface area contributed by atoms with Crippen molar-refractivity contribution in [2.24, 2.45) is 17.6 Å². The molecule has 6 nitrogen and oxygen atoms in total. The number of hydrogen-bond acceptors (Lipinski definition) is 5. The molecule has 1 aromatic rings. The van der Waals surface area contributed by atoms with Crippen molar-refractivity contribution in [3.63, 3.8) is 0 Å². The second kappa shape index (κ2) is 8.26. The highest BCUT2D eigenvalue weighted by molar-refractivity contribution is 5.96. The van der Waals surface area contributed by atoms with E-state index in [1.165, 1.54) is 26.4 Å². The zero-order valence-electron chi connectivity index (χ0n) is 14.6. The predicted molar refractivity (Wildman–Crippen MR) is 93.5 cm³/mol. The molecule has 3 atom stereocenters. The number of hydrogen-bond donors (Lipinski definition) is 1. The van der Waals surface area contributed by atoms with Gasteiger partial charge in [-0.25, -0.2) is 0 Å². The van der Waals surface area contributed by atoms with E-state index in [4.69, 9.17) is 15.2 Å². The first-order valence-electron chi connectivity index (χ1n) is 8.20. The van der Waals surface area contributed by atoms with E-state index in [0.29, 0.717) is 30.5 Å². The Morgan fingerprint density at radius 1 is 1.19 bits per heavy atom. The molecule has 3 unspecified atom stereocenters. The van der Waals surface area contributed by atoms with Gasteiger partial charge in [0.05, 0.1) is 14.2 Å². The molecule has 146 valence electrons. The largest absolute Gasteiger partial charge is 0.493 e. The molecule has 26 heavy (non-hydrogen) atoms. The van der Waals surface area contributed by atoms with Crippen molar-refractivity contribution in [3.8, 4) is 17.2 Å². The Morgan fingerprint density at radius 2 is 1.81 bits per heavy atom. The predicted octanol–water partition coefficient (Wildman–Crippen LogP) is 2.54. The second-order valence-corrected chi connectivity index (χ2v) is 6.46. The van der Waals surface area contributed by atoms with Crippen LogP contribution in [-0.2, 0) is 0 Å². The molecule has 1 saturated heterocycles. The highest BCUT2D eigenvalue weighted by atomic mass is 35.5. The monoisotopic (exact) mass is 392 g/mol. The summed E-state index contributed by atoms with van der Waals surface area (Å²) >= 11 is 0. The fourth-order valence-corrected chi connectivity index (χ4v) is 3.86. The van der Waals surface area contributed by atoms with Crippen LogP contribution >= 0.6 is 12.4 Å². The number of likely N-dealkylation sites (tertiary alicyclic amines) is 1. The maximum absolute atomic E-state index is 12.8. The van der Waals surface area contributed by atoms with E-state index < -0.39 is 6.61 Å². The smallest absolute Gasteiger partial charge is 0.387 e. The van der Waals surface area contributed by atoms with Crippen LogP contribution in [0.2, 0.25) is 0 Å². The molecule has 0 aromatic heterocycles. The molecule has 3 rings (SSSR count). The van der Waals surface area contributed by atoms with E-state index in [9.17, 15) is 13.6 Å². The second-order valence-electron chi connectivity index (χ2n) is 6.46. The van der Waals surface area contributed by atoms with Crippen LogP contribution in [0.1, 0.15) is 23.2 Å². The van der Waals surface area contributed by atoms with Crippen LogP contribution < -0.4 is 19.9 Å². The van der Waals surface area contributed by atoms with Crippen molar-refractivity contribution in [1.29, 1.82) is 0 Å². The molecule has 0 bridgehead atoms. The maximum atomic E-state index is 12.8. The van der Waals surface area contributed by atoms with Crippen molar-refractivity contribution in [3.05, 3.63) is 17.7 Å². The lowest BCUT2D eigenvalue weighted by Crippen LogP contribution is -2.33. The number of carbonyl (C=O) groups is 1. The lowest BCUT2D eigenvalue weighted by molar-refractivity contribution is -0.0526. The summed E-state index contributed by atoms with van der Waals surface area (Å²) in [4.78, 5) is 14.6. The highest BCUT2D eigenvalue weighted by Gasteiger charge is 2.42. The minimum atomic E-state index is -3.02. The van der Waals surface area contributed by atoms with Gasteiger partial charge in [-0.2, -0.15) is 8.78 Å². The number of alkyl halides is 2. The minimum Gasteiger partial charge on any atom is -0.493 e. The van der Waals surface area contributed by atoms with E-state index >= 15 is 0 Å². The normalized spacial score (nSPS) is 24.2. The van der Waals surface area contributed by atoms with E-state index in [0.717, 1.165) is 12.8 Å². The molecule has 1 amide bonds. The fourth-order valence-electron chi connectivity index (χ4n) is 3.86. The van der Waals surface area contributed by atoms with Crippen molar-refractivity contribution in [2.45, 2.75) is 25.5 Å². The Morgan fingerprint density at radius 3 is 2.31 bits per heavy atom. The molecule has 9 heteroatoms. The molecule has 1 aromatic carbocycles. The van der Waals surface area contributed by atoms with Crippen LogP contribution in [0.15, 0.2) is 12.1 Å². The van der Waals surface area contributed by atoms with E-state index in [1.807, 2.05) is 0 Å². The lowest BCUT2D eigenvalue weighted by Gasteiger charge is -2.20. The summed E-state index contributed by atoms with van der Waals surface area (Å²) < 4.78 is 39.9. The topological polar surface area (TPSA) is 74.0 Å². The summed E-state index contributed by atoms with van der Waals surface area (Å²) in [5.41, 5.74) is 6.42. The molecule has 2 N–H and O–H groups in total. The van der Waals surface area contributed by atoms with Gasteiger partial charge in [0.2, 0.25) is 5.75 Å². The van der Waals surface area contributed by atoms with Crippen molar-refractivity contribution in [1.82, 2.24) is 4.90 Å². The lowest BCUT2D eigenvalue weighted by atomic mass is 9.98. The van der Waals surface area contributed by atoms with Gasteiger partial charge in [-0.3, -0.25) is 4.79 Å². The standard InChI is InChI=1S/C17H22F2N2O4.ClH/c1-23-13-5-10(6-14(24-2)15(13)25-17(18)19)16(22)21-7-9-3-4-12(20)11(9)8-21;/h5-6,9,11-12,17H,3-4,7-8,20H2,1-2H3;1H. The fraction of sp³-hybridized carbons (Fsp3) is 0.588. The van der Waals surface area contributed by atoms with Gasteiger partial charge in [0.1, 0.15) is 0 Å². The number of rotatable bonds is 5. The molecular weight excluding hydrogens is 370 g/mol. The van der Waals surface area contributed by atoms with E-state index in [-0.39, 0.29) is 41.6 Å². The van der Waals surface area contributed by atoms with Gasteiger partial charge in [0, 0.05) is 24.7 Å². The average molecular weight is 393 g/mol. The molecule has 0 spiro atoms. The Balaban J connectivity index is 0.00000243. The van der Waals surface area contributed by atoms with Crippen LogP contribution in [0.3, 0.4) is 0 Å². The summed E-state index contributed by atoms with van der Waals surface area (Å²) in [5.74, 6) is 0.398. The average Bonchev–Trinajstić information content (AvgIpc) is 3.16. The first-order chi connectivity index (χ1) is 11.9. The van der Waals surface area contributed by atoms with Gasteiger partial charge in [-0.1, -0.05) is 0 Å². The molecule has 0 radical (unpaired) electrons. The summed E-state index contributed by atoms with van der Waals surface area (Å²) in [6.07, 6.45) is 2.03. The quantitative estimate of drug-likeness (QED) is 0.833. The van der Waals surface area contributed by atoms with E-state index in [1.54, 1.807) is 4.90 Å². The summed E-state index contributed by atoms with van der Waals surface area (Å²) in [6.45, 7) is -1.74. The first-order valence-corrected chi connectivity index (χ1v) is 8.20. The van der Waals surface area contributed by atoms with Crippen LogP contribution in [0.5, 0.6) is 17.2 Å².